The first-order chi connectivity index (χ1) is 10.6. The summed E-state index contributed by atoms with van der Waals surface area (Å²) in [6, 6.07) is 12.5. The third-order valence-corrected chi connectivity index (χ3v) is 3.89. The Morgan fingerprint density at radius 1 is 1.09 bits per heavy atom. The molecule has 0 aliphatic heterocycles. The van der Waals surface area contributed by atoms with Crippen molar-refractivity contribution in [3.63, 3.8) is 0 Å². The van der Waals surface area contributed by atoms with Crippen LogP contribution in [0.5, 0.6) is 5.75 Å². The van der Waals surface area contributed by atoms with Crippen LogP contribution < -0.4 is 5.43 Å². The van der Waals surface area contributed by atoms with Gasteiger partial charge in [0, 0.05) is 7.05 Å². The first-order valence-electron chi connectivity index (χ1n) is 6.91. The quantitative estimate of drug-likeness (QED) is 0.566. The molecule has 0 fully saturated rings. The van der Waals surface area contributed by atoms with Crippen molar-refractivity contribution in [2.24, 2.45) is 7.05 Å². The van der Waals surface area contributed by atoms with Crippen molar-refractivity contribution in [2.75, 3.05) is 0 Å². The zero-order valence-corrected chi connectivity index (χ0v) is 11.9. The SMILES string of the molecule is Cn1ncc2[nH]c3cccc(-c4ccc(O)cc4)c3c(=O)c21. The molecule has 0 radical (unpaired) electrons. The summed E-state index contributed by atoms with van der Waals surface area (Å²) < 4.78 is 1.58. The highest BCUT2D eigenvalue weighted by Crippen LogP contribution is 2.28. The Balaban J connectivity index is 2.15. The van der Waals surface area contributed by atoms with Crippen LogP contribution in [0.3, 0.4) is 0 Å². The van der Waals surface area contributed by atoms with Gasteiger partial charge in [-0.3, -0.25) is 9.48 Å². The number of phenols is 1. The van der Waals surface area contributed by atoms with Crippen molar-refractivity contribution in [3.8, 4) is 16.9 Å². The Kier molecular flexibility index (Phi) is 2.56. The van der Waals surface area contributed by atoms with E-state index in [0.29, 0.717) is 10.9 Å². The Bertz CT molecular complexity index is 1060. The molecule has 4 rings (SSSR count). The molecule has 2 N–H and O–H groups in total. The minimum absolute atomic E-state index is 0.0487. The number of nitrogens with zero attached hydrogens (tertiary/aromatic N) is 2. The fraction of sp³-hybridized carbons (Fsp3) is 0.0588. The van der Waals surface area contributed by atoms with Gasteiger partial charge in [0.15, 0.2) is 0 Å². The van der Waals surface area contributed by atoms with E-state index in [1.54, 1.807) is 42.2 Å². The largest absolute Gasteiger partial charge is 0.508 e. The van der Waals surface area contributed by atoms with Crippen molar-refractivity contribution in [2.45, 2.75) is 0 Å². The zero-order valence-electron chi connectivity index (χ0n) is 11.9. The van der Waals surface area contributed by atoms with E-state index in [1.165, 1.54) is 0 Å². The van der Waals surface area contributed by atoms with Crippen molar-refractivity contribution >= 4 is 21.9 Å². The van der Waals surface area contributed by atoms with Crippen LogP contribution in [-0.4, -0.2) is 19.9 Å². The lowest BCUT2D eigenvalue weighted by atomic mass is 10.00. The molecule has 5 nitrogen and oxygen atoms in total. The topological polar surface area (TPSA) is 70.9 Å². The van der Waals surface area contributed by atoms with E-state index < -0.39 is 0 Å². The summed E-state index contributed by atoms with van der Waals surface area (Å²) in [6.45, 7) is 0. The lowest BCUT2D eigenvalue weighted by Gasteiger charge is -2.07. The Morgan fingerprint density at radius 2 is 1.86 bits per heavy atom. The summed E-state index contributed by atoms with van der Waals surface area (Å²) in [4.78, 5) is 16.2. The van der Waals surface area contributed by atoms with E-state index in [-0.39, 0.29) is 11.2 Å². The molecule has 0 unspecified atom stereocenters. The molecule has 5 heteroatoms. The number of aromatic hydroxyl groups is 1. The van der Waals surface area contributed by atoms with E-state index in [0.717, 1.165) is 22.2 Å². The number of pyridine rings is 1. The predicted molar refractivity (Wildman–Crippen MR) is 85.9 cm³/mol. The lowest BCUT2D eigenvalue weighted by Crippen LogP contribution is -2.09. The molecular formula is C17H13N3O2. The third-order valence-electron chi connectivity index (χ3n) is 3.89. The molecular weight excluding hydrogens is 278 g/mol. The molecule has 0 bridgehead atoms. The second-order valence-corrected chi connectivity index (χ2v) is 5.26. The average Bonchev–Trinajstić information content (AvgIpc) is 2.89. The Hall–Kier alpha value is -3.08. The maximum atomic E-state index is 12.9. The Morgan fingerprint density at radius 3 is 2.64 bits per heavy atom. The highest BCUT2D eigenvalue weighted by molar-refractivity contribution is 5.99. The number of fused-ring (bicyclic) bond motifs is 2. The number of aryl methyl sites for hydroxylation is 1. The van der Waals surface area contributed by atoms with Gasteiger partial charge in [-0.05, 0) is 29.3 Å². The summed E-state index contributed by atoms with van der Waals surface area (Å²) in [5, 5.41) is 14.2. The van der Waals surface area contributed by atoms with Crippen LogP contribution in [0.15, 0.2) is 53.5 Å². The number of nitrogens with one attached hydrogen (secondary N) is 1. The summed E-state index contributed by atoms with van der Waals surface area (Å²) in [5.74, 6) is 0.201. The van der Waals surface area contributed by atoms with Gasteiger partial charge in [0.05, 0.1) is 22.6 Å². The molecule has 108 valence electrons. The van der Waals surface area contributed by atoms with Crippen molar-refractivity contribution in [1.29, 1.82) is 0 Å². The number of aromatic amines is 1. The maximum absolute atomic E-state index is 12.9. The minimum atomic E-state index is -0.0487. The molecule has 0 aliphatic rings. The third kappa shape index (κ3) is 1.72. The molecule has 2 heterocycles. The smallest absolute Gasteiger partial charge is 0.215 e. The fourth-order valence-electron chi connectivity index (χ4n) is 2.84. The predicted octanol–water partition coefficient (Wildman–Crippen LogP) is 2.79. The molecule has 2 aromatic heterocycles. The van der Waals surface area contributed by atoms with E-state index in [4.69, 9.17) is 0 Å². The zero-order chi connectivity index (χ0) is 15.3. The summed E-state index contributed by atoms with van der Waals surface area (Å²) in [7, 11) is 1.76. The minimum Gasteiger partial charge on any atom is -0.508 e. The number of H-pyrrole nitrogens is 1. The maximum Gasteiger partial charge on any atom is 0.215 e. The van der Waals surface area contributed by atoms with Crippen LogP contribution in [-0.2, 0) is 7.05 Å². The van der Waals surface area contributed by atoms with Crippen LogP contribution in [0.2, 0.25) is 0 Å². The fourth-order valence-corrected chi connectivity index (χ4v) is 2.84. The van der Waals surface area contributed by atoms with E-state index in [2.05, 4.69) is 10.1 Å². The molecule has 0 amide bonds. The number of hydrogen-bond donors (Lipinski definition) is 2. The summed E-state index contributed by atoms with van der Waals surface area (Å²) in [6.07, 6.45) is 1.66. The second kappa shape index (κ2) is 4.46. The van der Waals surface area contributed by atoms with Crippen LogP contribution in [0.4, 0.5) is 0 Å². The van der Waals surface area contributed by atoms with Gasteiger partial charge in [-0.15, -0.1) is 0 Å². The van der Waals surface area contributed by atoms with Gasteiger partial charge < -0.3 is 10.1 Å². The van der Waals surface area contributed by atoms with Gasteiger partial charge in [0.2, 0.25) is 5.43 Å². The van der Waals surface area contributed by atoms with Gasteiger partial charge in [-0.1, -0.05) is 24.3 Å². The highest BCUT2D eigenvalue weighted by atomic mass is 16.3. The standard InChI is InChI=1S/C17H13N3O2/c1-20-16-14(9-18-20)19-13-4-2-3-12(15(13)17(16)22)10-5-7-11(21)8-6-10/h2-9,21H,1H3,(H,19,22). The van der Waals surface area contributed by atoms with Gasteiger partial charge in [-0.25, -0.2) is 0 Å². The summed E-state index contributed by atoms with van der Waals surface area (Å²) >= 11 is 0. The molecule has 22 heavy (non-hydrogen) atoms. The highest BCUT2D eigenvalue weighted by Gasteiger charge is 2.13. The average molecular weight is 291 g/mol. The molecule has 0 saturated heterocycles. The number of aromatic nitrogens is 3. The van der Waals surface area contributed by atoms with Crippen molar-refractivity contribution < 1.29 is 5.11 Å². The van der Waals surface area contributed by atoms with Crippen LogP contribution in [0.25, 0.3) is 33.1 Å². The van der Waals surface area contributed by atoms with Crippen LogP contribution >= 0.6 is 0 Å². The monoisotopic (exact) mass is 291 g/mol. The van der Waals surface area contributed by atoms with Crippen molar-refractivity contribution in [1.82, 2.24) is 14.8 Å². The van der Waals surface area contributed by atoms with E-state index in [1.807, 2.05) is 18.2 Å². The van der Waals surface area contributed by atoms with E-state index in [9.17, 15) is 9.90 Å². The Labute approximate surface area is 125 Å². The van der Waals surface area contributed by atoms with Gasteiger partial charge in [-0.2, -0.15) is 5.10 Å². The first-order valence-corrected chi connectivity index (χ1v) is 6.91. The number of benzene rings is 2. The number of phenolic OH excluding ortho intramolecular Hbond substituents is 1. The normalized spacial score (nSPS) is 11.3. The van der Waals surface area contributed by atoms with Gasteiger partial charge in [0.1, 0.15) is 11.3 Å². The number of rotatable bonds is 1. The van der Waals surface area contributed by atoms with Crippen LogP contribution in [0.1, 0.15) is 0 Å². The van der Waals surface area contributed by atoms with Gasteiger partial charge >= 0.3 is 0 Å². The molecule has 0 saturated carbocycles. The molecule has 0 atom stereocenters. The number of hydrogen-bond acceptors (Lipinski definition) is 3. The summed E-state index contributed by atoms with van der Waals surface area (Å²) in [5.41, 5.74) is 3.72. The van der Waals surface area contributed by atoms with Gasteiger partial charge in [0.25, 0.3) is 0 Å². The van der Waals surface area contributed by atoms with Crippen LogP contribution in [0, 0.1) is 0 Å². The lowest BCUT2D eigenvalue weighted by molar-refractivity contribution is 0.475. The van der Waals surface area contributed by atoms with E-state index >= 15 is 0 Å². The molecule has 0 spiro atoms. The molecule has 0 aliphatic carbocycles. The molecule has 2 aromatic carbocycles. The second-order valence-electron chi connectivity index (χ2n) is 5.26. The first kappa shape index (κ1) is 12.6. The molecule has 4 aromatic rings. The van der Waals surface area contributed by atoms with Crippen molar-refractivity contribution in [3.05, 3.63) is 58.9 Å².